The Kier molecular flexibility index (Phi) is 11.9. The molecule has 4 amide bonds. The number of primary amides is 1. The second-order valence-electron chi connectivity index (χ2n) is 8.70. The average Bonchev–Trinajstić information content (AvgIpc) is 2.89. The van der Waals surface area contributed by atoms with Gasteiger partial charge in [0.1, 0.15) is 18.1 Å². The van der Waals surface area contributed by atoms with E-state index in [0.29, 0.717) is 5.56 Å². The van der Waals surface area contributed by atoms with E-state index in [1.54, 1.807) is 54.6 Å². The van der Waals surface area contributed by atoms with Crippen LogP contribution >= 0.6 is 0 Å². The Labute approximate surface area is 219 Å². The third kappa shape index (κ3) is 9.99. The largest absolute Gasteiger partial charge is 0.480 e. The highest BCUT2D eigenvalue weighted by molar-refractivity contribution is 5.94. The van der Waals surface area contributed by atoms with Crippen molar-refractivity contribution in [3.05, 3.63) is 71.8 Å². The van der Waals surface area contributed by atoms with E-state index < -0.39 is 60.4 Å². The zero-order valence-electron chi connectivity index (χ0n) is 20.7. The van der Waals surface area contributed by atoms with Crippen LogP contribution in [0.3, 0.4) is 0 Å². The third-order valence-electron chi connectivity index (χ3n) is 5.66. The molecule has 12 heteroatoms. The lowest BCUT2D eigenvalue weighted by atomic mass is 10.0. The zero-order chi connectivity index (χ0) is 28.1. The van der Waals surface area contributed by atoms with Crippen LogP contribution in [0.2, 0.25) is 0 Å². The zero-order valence-corrected chi connectivity index (χ0v) is 20.7. The number of carboxylic acids is 1. The molecule has 0 saturated heterocycles. The summed E-state index contributed by atoms with van der Waals surface area (Å²) in [5.74, 6) is -4.53. The van der Waals surface area contributed by atoms with Gasteiger partial charge in [0, 0.05) is 12.8 Å². The van der Waals surface area contributed by atoms with Gasteiger partial charge in [-0.2, -0.15) is 0 Å². The number of amides is 4. The number of aliphatic hydroxyl groups is 1. The summed E-state index contributed by atoms with van der Waals surface area (Å²) in [5.41, 5.74) is 12.6. The van der Waals surface area contributed by atoms with Gasteiger partial charge in [-0.25, -0.2) is 4.79 Å². The standard InChI is InChI=1S/C26H33N5O7/c27-18(13-16-7-3-1-4-8-16)23(34)31-21(15-32)25(36)29-19(11-12-22(28)33)24(35)30-20(26(37)38)14-17-9-5-2-6-10-17/h1-10,18-21,32H,11-15,27H2,(H2,28,33)(H,29,36)(H,30,35)(H,31,34)(H,37,38). The Morgan fingerprint density at radius 1 is 0.711 bits per heavy atom. The number of nitrogens with one attached hydrogen (secondary N) is 3. The minimum Gasteiger partial charge on any atom is -0.480 e. The van der Waals surface area contributed by atoms with Crippen molar-refractivity contribution >= 4 is 29.6 Å². The van der Waals surface area contributed by atoms with Gasteiger partial charge < -0.3 is 37.6 Å². The molecule has 38 heavy (non-hydrogen) atoms. The number of hydrogen-bond donors (Lipinski definition) is 7. The van der Waals surface area contributed by atoms with E-state index in [0.717, 1.165) is 5.56 Å². The Balaban J connectivity index is 2.06. The fraction of sp³-hybridized carbons (Fsp3) is 0.346. The summed E-state index contributed by atoms with van der Waals surface area (Å²) < 4.78 is 0. The molecule has 2 aromatic carbocycles. The van der Waals surface area contributed by atoms with Crippen molar-refractivity contribution in [2.75, 3.05) is 6.61 Å². The van der Waals surface area contributed by atoms with Crippen molar-refractivity contribution in [1.82, 2.24) is 16.0 Å². The summed E-state index contributed by atoms with van der Waals surface area (Å²) in [6.07, 6.45) is -0.349. The summed E-state index contributed by atoms with van der Waals surface area (Å²) in [4.78, 5) is 61.3. The first-order chi connectivity index (χ1) is 18.1. The first kappa shape index (κ1) is 29.9. The molecule has 12 nitrogen and oxygen atoms in total. The second-order valence-corrected chi connectivity index (χ2v) is 8.70. The van der Waals surface area contributed by atoms with Crippen molar-refractivity contribution in [1.29, 1.82) is 0 Å². The lowest BCUT2D eigenvalue weighted by molar-refractivity contribution is -0.142. The summed E-state index contributed by atoms with van der Waals surface area (Å²) in [6, 6.07) is 12.4. The smallest absolute Gasteiger partial charge is 0.326 e. The molecule has 9 N–H and O–H groups in total. The van der Waals surface area contributed by atoms with Crippen LogP contribution in [-0.4, -0.2) is 70.6 Å². The Morgan fingerprint density at radius 3 is 1.68 bits per heavy atom. The minimum absolute atomic E-state index is 0.0208. The maximum atomic E-state index is 12.9. The van der Waals surface area contributed by atoms with Gasteiger partial charge in [0.15, 0.2) is 0 Å². The van der Waals surface area contributed by atoms with E-state index in [9.17, 15) is 34.2 Å². The SMILES string of the molecule is NC(=O)CCC(NC(=O)C(CO)NC(=O)C(N)Cc1ccccc1)C(=O)NC(Cc1ccccc1)C(=O)O. The third-order valence-corrected chi connectivity index (χ3v) is 5.66. The summed E-state index contributed by atoms with van der Waals surface area (Å²) in [5, 5.41) is 26.3. The molecule has 0 saturated carbocycles. The van der Waals surface area contributed by atoms with Crippen LogP contribution in [0.5, 0.6) is 0 Å². The van der Waals surface area contributed by atoms with E-state index in [1.165, 1.54) is 0 Å². The van der Waals surface area contributed by atoms with Gasteiger partial charge in [0.25, 0.3) is 0 Å². The molecule has 0 aromatic heterocycles. The van der Waals surface area contributed by atoms with E-state index >= 15 is 0 Å². The average molecular weight is 528 g/mol. The molecule has 204 valence electrons. The molecule has 0 radical (unpaired) electrons. The molecule has 4 atom stereocenters. The molecular formula is C26H33N5O7. The first-order valence-electron chi connectivity index (χ1n) is 12.0. The summed E-state index contributed by atoms with van der Waals surface area (Å²) in [6.45, 7) is -0.800. The van der Waals surface area contributed by atoms with Gasteiger partial charge in [0.2, 0.25) is 23.6 Å². The Morgan fingerprint density at radius 2 is 1.18 bits per heavy atom. The van der Waals surface area contributed by atoms with Gasteiger partial charge >= 0.3 is 5.97 Å². The normalized spacial score (nSPS) is 13.8. The number of benzene rings is 2. The van der Waals surface area contributed by atoms with Crippen LogP contribution < -0.4 is 27.4 Å². The molecule has 0 heterocycles. The fourth-order valence-electron chi connectivity index (χ4n) is 3.58. The maximum Gasteiger partial charge on any atom is 0.326 e. The van der Waals surface area contributed by atoms with Gasteiger partial charge in [-0.15, -0.1) is 0 Å². The second kappa shape index (κ2) is 15.1. The van der Waals surface area contributed by atoms with E-state index in [1.807, 2.05) is 6.07 Å². The maximum absolute atomic E-state index is 12.9. The molecule has 0 fully saturated rings. The van der Waals surface area contributed by atoms with Crippen molar-refractivity contribution in [3.63, 3.8) is 0 Å². The molecule has 0 aliphatic rings. The van der Waals surface area contributed by atoms with Crippen molar-refractivity contribution in [2.24, 2.45) is 11.5 Å². The summed E-state index contributed by atoms with van der Waals surface area (Å²) in [7, 11) is 0. The molecule has 0 aliphatic carbocycles. The Bertz CT molecular complexity index is 1100. The van der Waals surface area contributed by atoms with Crippen molar-refractivity contribution < 1.29 is 34.2 Å². The molecule has 0 bridgehead atoms. The van der Waals surface area contributed by atoms with E-state index in [2.05, 4.69) is 16.0 Å². The van der Waals surface area contributed by atoms with Gasteiger partial charge in [0.05, 0.1) is 12.6 Å². The predicted molar refractivity (Wildman–Crippen MR) is 137 cm³/mol. The number of aliphatic hydroxyl groups excluding tert-OH is 1. The van der Waals surface area contributed by atoms with Crippen molar-refractivity contribution in [3.8, 4) is 0 Å². The summed E-state index contributed by atoms with van der Waals surface area (Å²) >= 11 is 0. The fourth-order valence-corrected chi connectivity index (χ4v) is 3.58. The van der Waals surface area contributed by atoms with Crippen LogP contribution in [-0.2, 0) is 36.8 Å². The number of aliphatic carboxylic acids is 1. The highest BCUT2D eigenvalue weighted by Gasteiger charge is 2.30. The van der Waals surface area contributed by atoms with E-state index in [-0.39, 0.29) is 25.7 Å². The van der Waals surface area contributed by atoms with E-state index in [4.69, 9.17) is 11.5 Å². The number of rotatable bonds is 15. The molecular weight excluding hydrogens is 494 g/mol. The number of nitrogens with two attached hydrogens (primary N) is 2. The number of carbonyl (C=O) groups is 5. The lowest BCUT2D eigenvalue weighted by Crippen LogP contribution is -2.58. The van der Waals surface area contributed by atoms with Crippen LogP contribution in [0.1, 0.15) is 24.0 Å². The molecule has 4 unspecified atom stereocenters. The van der Waals surface area contributed by atoms with Crippen LogP contribution in [0.15, 0.2) is 60.7 Å². The van der Waals surface area contributed by atoms with Gasteiger partial charge in [-0.05, 0) is 24.0 Å². The topological polar surface area (TPSA) is 214 Å². The predicted octanol–water partition coefficient (Wildman–Crippen LogP) is -1.40. The van der Waals surface area contributed by atoms with Crippen LogP contribution in [0.4, 0.5) is 0 Å². The van der Waals surface area contributed by atoms with Crippen molar-refractivity contribution in [2.45, 2.75) is 49.9 Å². The number of carboxylic acid groups (broad SMARTS) is 1. The molecule has 0 aliphatic heterocycles. The lowest BCUT2D eigenvalue weighted by Gasteiger charge is -2.24. The van der Waals surface area contributed by atoms with Crippen LogP contribution in [0.25, 0.3) is 0 Å². The molecule has 2 aromatic rings. The molecule has 0 spiro atoms. The van der Waals surface area contributed by atoms with Crippen LogP contribution in [0, 0.1) is 0 Å². The highest BCUT2D eigenvalue weighted by atomic mass is 16.4. The Hall–Kier alpha value is -4.29. The van der Waals surface area contributed by atoms with Gasteiger partial charge in [-0.1, -0.05) is 60.7 Å². The monoisotopic (exact) mass is 527 g/mol. The minimum atomic E-state index is -1.45. The molecule has 2 rings (SSSR count). The number of carbonyl (C=O) groups excluding carboxylic acids is 4. The number of hydrogen-bond acceptors (Lipinski definition) is 7. The first-order valence-corrected chi connectivity index (χ1v) is 12.0. The quantitative estimate of drug-likeness (QED) is 0.146. The highest BCUT2D eigenvalue weighted by Crippen LogP contribution is 2.06. The van der Waals surface area contributed by atoms with Gasteiger partial charge in [-0.3, -0.25) is 19.2 Å².